The Balaban J connectivity index is 1.52. The van der Waals surface area contributed by atoms with Crippen molar-refractivity contribution in [3.8, 4) is 0 Å². The van der Waals surface area contributed by atoms with Crippen LogP contribution in [-0.4, -0.2) is 35.5 Å². The van der Waals surface area contributed by atoms with Gasteiger partial charge in [0.1, 0.15) is 17.1 Å². The van der Waals surface area contributed by atoms with E-state index in [-0.39, 0.29) is 29.2 Å². The number of hydrogen-bond acceptors (Lipinski definition) is 8. The van der Waals surface area contributed by atoms with Gasteiger partial charge in [0.05, 0.1) is 29.1 Å². The predicted molar refractivity (Wildman–Crippen MR) is 158 cm³/mol. The van der Waals surface area contributed by atoms with Gasteiger partial charge in [0, 0.05) is 16.1 Å². The van der Waals surface area contributed by atoms with Gasteiger partial charge in [-0.05, 0) is 43.5 Å². The van der Waals surface area contributed by atoms with E-state index in [4.69, 9.17) is 4.74 Å². The van der Waals surface area contributed by atoms with Gasteiger partial charge in [-0.25, -0.2) is 4.99 Å². The van der Waals surface area contributed by atoms with E-state index in [0.29, 0.717) is 33.0 Å². The van der Waals surface area contributed by atoms with Gasteiger partial charge >= 0.3 is 5.97 Å². The number of carbonyl (C=O) groups excluding carboxylic acids is 3. The molecule has 11 heteroatoms. The summed E-state index contributed by atoms with van der Waals surface area (Å²) in [4.78, 5) is 61.1. The number of thiazole rings is 1. The van der Waals surface area contributed by atoms with Crippen molar-refractivity contribution < 1.29 is 19.1 Å². The van der Waals surface area contributed by atoms with Crippen LogP contribution in [0.15, 0.2) is 93.2 Å². The molecular weight excluding hydrogens is 560 g/mol. The van der Waals surface area contributed by atoms with Gasteiger partial charge in [0.25, 0.3) is 17.4 Å². The first-order valence-electron chi connectivity index (χ1n) is 12.9. The van der Waals surface area contributed by atoms with Crippen LogP contribution < -0.4 is 25.1 Å². The van der Waals surface area contributed by atoms with Gasteiger partial charge < -0.3 is 10.1 Å². The average molecular weight is 585 g/mol. The molecule has 0 bridgehead atoms. The minimum absolute atomic E-state index is 0.191. The number of anilines is 2. The van der Waals surface area contributed by atoms with E-state index in [1.54, 1.807) is 50.2 Å². The standard InChI is InChI=1S/C30H24N4O5S2/c1-3-39-22(35)16-33-20-13-8-7-12-19(20)24(28(33)37)26-29(38)34-25(21-14-9-15-40-21)23(17(2)31-30(34)41-26)27(36)32-18-10-5-4-6-11-18/h4-15,25H,3,16H2,1-2H3,(H,32,36)/b26-24+/t25-/m1/s1. The first kappa shape index (κ1) is 26.6. The minimum atomic E-state index is -0.730. The fourth-order valence-corrected chi connectivity index (χ4v) is 7.05. The molecule has 2 aromatic heterocycles. The van der Waals surface area contributed by atoms with E-state index in [2.05, 4.69) is 10.3 Å². The zero-order valence-corrected chi connectivity index (χ0v) is 23.8. The number of benzene rings is 2. The van der Waals surface area contributed by atoms with Crippen molar-refractivity contribution in [2.45, 2.75) is 19.9 Å². The highest BCUT2D eigenvalue weighted by Crippen LogP contribution is 2.36. The first-order chi connectivity index (χ1) is 19.9. The number of carbonyl (C=O) groups is 3. The monoisotopic (exact) mass is 584 g/mol. The van der Waals surface area contributed by atoms with E-state index >= 15 is 0 Å². The van der Waals surface area contributed by atoms with Crippen molar-refractivity contribution in [3.05, 3.63) is 114 Å². The fourth-order valence-electron chi connectivity index (χ4n) is 5.09. The van der Waals surface area contributed by atoms with Crippen molar-refractivity contribution in [1.82, 2.24) is 4.57 Å². The Labute approximate surface area is 242 Å². The fraction of sp³-hybridized carbons (Fsp3) is 0.167. The molecule has 0 aliphatic carbocycles. The van der Waals surface area contributed by atoms with Gasteiger partial charge in [-0.15, -0.1) is 11.3 Å². The van der Waals surface area contributed by atoms with Crippen LogP contribution >= 0.6 is 22.7 Å². The van der Waals surface area contributed by atoms with Crippen LogP contribution in [0.1, 0.15) is 30.3 Å². The van der Waals surface area contributed by atoms with Crippen molar-refractivity contribution >= 4 is 57.4 Å². The number of nitrogens with zero attached hydrogens (tertiary/aromatic N) is 3. The highest BCUT2D eigenvalue weighted by atomic mass is 32.1. The maximum absolute atomic E-state index is 14.2. The zero-order chi connectivity index (χ0) is 28.7. The predicted octanol–water partition coefficient (Wildman–Crippen LogP) is 3.22. The first-order valence-corrected chi connectivity index (χ1v) is 14.6. The number of thiophene rings is 1. The van der Waals surface area contributed by atoms with E-state index in [1.807, 2.05) is 35.7 Å². The largest absolute Gasteiger partial charge is 0.465 e. The maximum atomic E-state index is 14.2. The smallest absolute Gasteiger partial charge is 0.326 e. The Morgan fingerprint density at radius 1 is 1.02 bits per heavy atom. The number of ether oxygens (including phenoxy) is 1. The van der Waals surface area contributed by atoms with Gasteiger partial charge in [-0.1, -0.05) is 53.8 Å². The van der Waals surface area contributed by atoms with Crippen LogP contribution in [0, 0.1) is 0 Å². The summed E-state index contributed by atoms with van der Waals surface area (Å²) < 4.78 is 6.78. The molecule has 4 aromatic rings. The number of rotatable bonds is 6. The summed E-state index contributed by atoms with van der Waals surface area (Å²) in [5.74, 6) is -1.37. The number of nitrogens with one attached hydrogen (secondary N) is 1. The van der Waals surface area contributed by atoms with Crippen LogP contribution in [0.4, 0.5) is 11.4 Å². The molecule has 2 aromatic carbocycles. The van der Waals surface area contributed by atoms with Crippen molar-refractivity contribution in [2.75, 3.05) is 23.4 Å². The molecule has 6 rings (SSSR count). The van der Waals surface area contributed by atoms with E-state index in [0.717, 1.165) is 16.2 Å². The SMILES string of the molecule is CCOC(=O)CN1C(=O)/C(=c2/sc3n(c2=O)[C@H](c2cccs2)C(C(=O)Nc2ccccc2)=C(C)N=3)c2ccccc21. The summed E-state index contributed by atoms with van der Waals surface area (Å²) in [6.45, 7) is 3.37. The Hall–Kier alpha value is -4.61. The number of para-hydroxylation sites is 2. The van der Waals surface area contributed by atoms with Crippen molar-refractivity contribution in [1.29, 1.82) is 0 Å². The summed E-state index contributed by atoms with van der Waals surface area (Å²) >= 11 is 2.53. The molecule has 0 unspecified atom stereocenters. The lowest BCUT2D eigenvalue weighted by Gasteiger charge is -2.24. The summed E-state index contributed by atoms with van der Waals surface area (Å²) in [6, 6.07) is 19.1. The molecule has 9 nitrogen and oxygen atoms in total. The van der Waals surface area contributed by atoms with Crippen molar-refractivity contribution in [3.63, 3.8) is 0 Å². The van der Waals surface area contributed by atoms with Gasteiger partial charge in [-0.3, -0.25) is 28.6 Å². The van der Waals surface area contributed by atoms with Crippen LogP contribution in [0.2, 0.25) is 0 Å². The molecule has 1 N–H and O–H groups in total. The summed E-state index contributed by atoms with van der Waals surface area (Å²) in [7, 11) is 0. The van der Waals surface area contributed by atoms with Crippen LogP contribution in [0.5, 0.6) is 0 Å². The third-order valence-electron chi connectivity index (χ3n) is 6.83. The van der Waals surface area contributed by atoms with E-state index in [1.165, 1.54) is 20.8 Å². The van der Waals surface area contributed by atoms with Gasteiger partial charge in [0.15, 0.2) is 4.80 Å². The number of allylic oxidation sites excluding steroid dienone is 1. The quantitative estimate of drug-likeness (QED) is 0.350. The number of esters is 1. The molecule has 1 atom stereocenters. The second kappa shape index (κ2) is 10.8. The molecule has 2 aliphatic rings. The summed E-state index contributed by atoms with van der Waals surface area (Å²) in [5.41, 5.74) is 2.31. The molecule has 2 amide bonds. The maximum Gasteiger partial charge on any atom is 0.326 e. The van der Waals surface area contributed by atoms with Crippen LogP contribution in [0.3, 0.4) is 0 Å². The molecule has 0 fully saturated rings. The lowest BCUT2D eigenvalue weighted by Crippen LogP contribution is -2.41. The number of amides is 2. The molecule has 206 valence electrons. The highest BCUT2D eigenvalue weighted by molar-refractivity contribution is 7.10. The number of fused-ring (bicyclic) bond motifs is 2. The number of aromatic nitrogens is 1. The Kier molecular flexibility index (Phi) is 6.98. The van der Waals surface area contributed by atoms with Gasteiger partial charge in [0.2, 0.25) is 0 Å². The highest BCUT2D eigenvalue weighted by Gasteiger charge is 2.38. The average Bonchev–Trinajstić information content (AvgIpc) is 3.67. The van der Waals surface area contributed by atoms with Crippen LogP contribution in [0.25, 0.3) is 5.57 Å². The molecular formula is C30H24N4O5S2. The molecule has 0 saturated heterocycles. The molecule has 0 saturated carbocycles. The topological polar surface area (TPSA) is 110 Å². The Morgan fingerprint density at radius 3 is 2.51 bits per heavy atom. The minimum Gasteiger partial charge on any atom is -0.465 e. The molecule has 0 spiro atoms. The summed E-state index contributed by atoms with van der Waals surface area (Å²) in [6.07, 6.45) is 0. The Bertz CT molecular complexity index is 1910. The summed E-state index contributed by atoms with van der Waals surface area (Å²) in [5, 5.41) is 4.82. The Morgan fingerprint density at radius 2 is 1.78 bits per heavy atom. The van der Waals surface area contributed by atoms with E-state index < -0.39 is 23.5 Å². The third kappa shape index (κ3) is 4.62. The zero-order valence-electron chi connectivity index (χ0n) is 22.1. The van der Waals surface area contributed by atoms with E-state index in [9.17, 15) is 19.2 Å². The molecule has 2 aliphatic heterocycles. The molecule has 4 heterocycles. The second-order valence-electron chi connectivity index (χ2n) is 9.33. The van der Waals surface area contributed by atoms with Crippen LogP contribution in [-0.2, 0) is 19.1 Å². The van der Waals surface area contributed by atoms with Gasteiger partial charge in [-0.2, -0.15) is 0 Å². The van der Waals surface area contributed by atoms with Crippen molar-refractivity contribution in [2.24, 2.45) is 4.99 Å². The molecule has 41 heavy (non-hydrogen) atoms. The normalized spacial score (nSPS) is 17.2. The molecule has 0 radical (unpaired) electrons. The number of hydrogen-bond donors (Lipinski definition) is 1. The lowest BCUT2D eigenvalue weighted by atomic mass is 10.0. The third-order valence-corrected chi connectivity index (χ3v) is 8.81. The second-order valence-corrected chi connectivity index (χ2v) is 11.3. The lowest BCUT2D eigenvalue weighted by molar-refractivity contribution is -0.142.